The Morgan fingerprint density at radius 3 is 2.34 bits per heavy atom. The predicted molar refractivity (Wildman–Crippen MR) is 128 cm³/mol. The van der Waals surface area contributed by atoms with Crippen LogP contribution in [0.1, 0.15) is 52.0 Å². The summed E-state index contributed by atoms with van der Waals surface area (Å²) in [5, 5.41) is 10.8. The Kier molecular flexibility index (Phi) is 5.74. The topological polar surface area (TPSA) is 101 Å². The number of Topliss-reactive ketones (excluding diaryl/α,β-unsaturated/α-hetero) is 1. The summed E-state index contributed by atoms with van der Waals surface area (Å²) in [6.45, 7) is 6.75. The van der Waals surface area contributed by atoms with E-state index >= 15 is 0 Å². The first kappa shape index (κ1) is 25.9. The highest BCUT2D eigenvalue weighted by Crippen LogP contribution is 2.56. The zero-order valence-electron chi connectivity index (χ0n) is 21.2. The van der Waals surface area contributed by atoms with Gasteiger partial charge >= 0.3 is 6.36 Å². The van der Waals surface area contributed by atoms with Gasteiger partial charge in [-0.2, -0.15) is 0 Å². The Morgan fingerprint density at radius 2 is 1.71 bits per heavy atom. The minimum atomic E-state index is -4.99. The van der Waals surface area contributed by atoms with Crippen LogP contribution in [0.5, 0.6) is 11.5 Å². The number of hydrogen-bond acceptors (Lipinski definition) is 6. The Balaban J connectivity index is 1.69. The second-order valence-corrected chi connectivity index (χ2v) is 11.2. The van der Waals surface area contributed by atoms with Gasteiger partial charge in [0, 0.05) is 33.7 Å². The highest BCUT2D eigenvalue weighted by molar-refractivity contribution is 6.23. The van der Waals surface area contributed by atoms with E-state index in [0.717, 1.165) is 18.2 Å². The average molecular weight is 530 g/mol. The van der Waals surface area contributed by atoms with E-state index in [2.05, 4.69) is 4.74 Å². The lowest BCUT2D eigenvalue weighted by Gasteiger charge is -2.42. The maximum Gasteiger partial charge on any atom is 0.573 e. The van der Waals surface area contributed by atoms with Crippen LogP contribution >= 0.6 is 0 Å². The Hall–Kier alpha value is -3.69. The van der Waals surface area contributed by atoms with Crippen LogP contribution < -0.4 is 4.74 Å². The molecule has 4 aliphatic rings. The second-order valence-electron chi connectivity index (χ2n) is 11.2. The zero-order valence-corrected chi connectivity index (χ0v) is 21.2. The van der Waals surface area contributed by atoms with E-state index in [1.807, 2.05) is 0 Å². The molecule has 5 rings (SSSR count). The van der Waals surface area contributed by atoms with Crippen LogP contribution in [0.15, 0.2) is 52.6 Å². The van der Waals surface area contributed by atoms with Crippen LogP contribution in [-0.2, 0) is 19.2 Å². The molecule has 2 amide bonds. The molecule has 3 aliphatic carbocycles. The van der Waals surface area contributed by atoms with Crippen molar-refractivity contribution in [1.82, 2.24) is 4.90 Å². The molecule has 1 fully saturated rings. The molecule has 1 aromatic rings. The first-order chi connectivity index (χ1) is 17.6. The smallest absolute Gasteiger partial charge is 0.508 e. The van der Waals surface area contributed by atoms with Crippen molar-refractivity contribution in [3.05, 3.63) is 58.2 Å². The van der Waals surface area contributed by atoms with Gasteiger partial charge in [0.1, 0.15) is 11.5 Å². The van der Waals surface area contributed by atoms with Crippen molar-refractivity contribution in [2.75, 3.05) is 0 Å². The number of aromatic hydroxyl groups is 1. The quantitative estimate of drug-likeness (QED) is 0.344. The number of phenols is 1. The number of ketones is 2. The van der Waals surface area contributed by atoms with Crippen molar-refractivity contribution < 1.29 is 42.2 Å². The maximum atomic E-state index is 13.6. The molecule has 38 heavy (non-hydrogen) atoms. The van der Waals surface area contributed by atoms with Gasteiger partial charge in [0.25, 0.3) is 0 Å². The Morgan fingerprint density at radius 1 is 1.03 bits per heavy atom. The number of carbonyl (C=O) groups excluding carboxylic acids is 4. The lowest BCUT2D eigenvalue weighted by molar-refractivity contribution is -0.274. The molecule has 10 heteroatoms. The van der Waals surface area contributed by atoms with Crippen molar-refractivity contribution in [3.8, 4) is 11.5 Å². The third-order valence-electron chi connectivity index (χ3n) is 7.78. The normalized spacial score (nSPS) is 27.6. The van der Waals surface area contributed by atoms with Gasteiger partial charge in [0.05, 0.1) is 11.8 Å². The molecule has 1 heterocycles. The van der Waals surface area contributed by atoms with E-state index in [9.17, 15) is 37.5 Å². The summed E-state index contributed by atoms with van der Waals surface area (Å²) in [6.07, 6.45) is -1.86. The number of amides is 2. The van der Waals surface area contributed by atoms with Crippen LogP contribution in [0, 0.1) is 17.8 Å². The van der Waals surface area contributed by atoms with Gasteiger partial charge in [-0.3, -0.25) is 24.1 Å². The summed E-state index contributed by atoms with van der Waals surface area (Å²) in [5.41, 5.74) is 0.115. The summed E-state index contributed by atoms with van der Waals surface area (Å²) >= 11 is 0. The molecule has 4 atom stereocenters. The fourth-order valence-corrected chi connectivity index (χ4v) is 6.36. The summed E-state index contributed by atoms with van der Waals surface area (Å²) in [7, 11) is 0. The number of rotatable bonds is 2. The van der Waals surface area contributed by atoms with Crippen molar-refractivity contribution in [2.24, 2.45) is 17.8 Å². The van der Waals surface area contributed by atoms with Crippen molar-refractivity contribution in [2.45, 2.75) is 58.4 Å². The number of fused-ring (bicyclic) bond motifs is 3. The Labute approximate surface area is 216 Å². The number of halogens is 3. The number of benzene rings is 1. The van der Waals surface area contributed by atoms with Gasteiger partial charge in [-0.25, -0.2) is 0 Å². The molecule has 0 bridgehead atoms. The highest BCUT2D eigenvalue weighted by Gasteiger charge is 2.58. The number of phenolic OH excluding ortho intramolecular Hbond substituents is 1. The standard InChI is InChI=1S/C28H26F3NO6/c1-12-9-20(34)23-18(24(12)35)11-16-14(6-7-15-22(16)26(37)32(25(15)36)27(2,3)4)21(23)17-10-13(5-8-19(17)33)38-28(29,30)31/h5-6,8-10,15-16,21-22,33H,7,11H2,1-4H3/t15-,16+,21+,22-/m0/s1. The number of hydrogen-bond donors (Lipinski definition) is 1. The summed E-state index contributed by atoms with van der Waals surface area (Å²) in [6, 6.07) is 2.99. The van der Waals surface area contributed by atoms with E-state index < -0.39 is 58.6 Å². The molecule has 0 unspecified atom stereocenters. The van der Waals surface area contributed by atoms with Crippen LogP contribution in [0.2, 0.25) is 0 Å². The van der Waals surface area contributed by atoms with Gasteiger partial charge in [-0.15, -0.1) is 13.2 Å². The Bertz CT molecular complexity index is 1390. The van der Waals surface area contributed by atoms with Gasteiger partial charge in [0.2, 0.25) is 11.8 Å². The zero-order chi connectivity index (χ0) is 27.9. The lowest BCUT2D eigenvalue weighted by Crippen LogP contribution is -2.46. The minimum Gasteiger partial charge on any atom is -0.508 e. The van der Waals surface area contributed by atoms with Crippen LogP contribution in [0.4, 0.5) is 13.2 Å². The van der Waals surface area contributed by atoms with Crippen molar-refractivity contribution >= 4 is 23.4 Å². The monoisotopic (exact) mass is 529 g/mol. The fourth-order valence-electron chi connectivity index (χ4n) is 6.36. The lowest BCUT2D eigenvalue weighted by atomic mass is 9.59. The van der Waals surface area contributed by atoms with E-state index in [1.54, 1.807) is 26.8 Å². The molecular formula is C28H26F3NO6. The largest absolute Gasteiger partial charge is 0.573 e. The fraction of sp³-hybridized carbons (Fsp3) is 0.429. The molecule has 0 spiro atoms. The highest BCUT2D eigenvalue weighted by atomic mass is 19.4. The van der Waals surface area contributed by atoms with Gasteiger partial charge in [-0.1, -0.05) is 11.6 Å². The van der Waals surface area contributed by atoms with Crippen LogP contribution in [-0.4, -0.2) is 45.3 Å². The maximum absolute atomic E-state index is 13.6. The predicted octanol–water partition coefficient (Wildman–Crippen LogP) is 4.52. The number of ether oxygens (including phenoxy) is 1. The summed E-state index contributed by atoms with van der Waals surface area (Å²) < 4.78 is 43.0. The molecule has 1 saturated heterocycles. The number of alkyl halides is 3. The number of carbonyl (C=O) groups is 4. The molecule has 1 aromatic carbocycles. The molecule has 1 aliphatic heterocycles. The van der Waals surface area contributed by atoms with E-state index in [1.165, 1.54) is 17.9 Å². The molecule has 0 aromatic heterocycles. The minimum absolute atomic E-state index is 0.0328. The molecule has 0 radical (unpaired) electrons. The summed E-state index contributed by atoms with van der Waals surface area (Å²) in [4.78, 5) is 54.7. The number of likely N-dealkylation sites (tertiary alicyclic amines) is 1. The SMILES string of the molecule is CC1=CC(=O)C2=C(C[C@@H]3C(=CC[C@@H]4C(=O)N(C(C)(C)C)C(=O)[C@@H]43)[C@@H]2c2cc(OC(F)(F)F)ccc2O)C1=O. The third kappa shape index (κ3) is 3.97. The number of imide groups is 1. The van der Waals surface area contributed by atoms with E-state index in [0.29, 0.717) is 5.57 Å². The molecule has 0 saturated carbocycles. The molecule has 7 nitrogen and oxygen atoms in total. The molecule has 200 valence electrons. The van der Waals surface area contributed by atoms with Gasteiger partial charge < -0.3 is 9.84 Å². The van der Waals surface area contributed by atoms with Crippen molar-refractivity contribution in [3.63, 3.8) is 0 Å². The van der Waals surface area contributed by atoms with Crippen LogP contribution in [0.25, 0.3) is 0 Å². The van der Waals surface area contributed by atoms with E-state index in [-0.39, 0.29) is 46.9 Å². The number of allylic oxidation sites excluding steroid dienone is 6. The van der Waals surface area contributed by atoms with Gasteiger partial charge in [-0.05, 0) is 70.7 Å². The average Bonchev–Trinajstić information content (AvgIpc) is 3.07. The first-order valence-electron chi connectivity index (χ1n) is 12.3. The number of nitrogens with zero attached hydrogens (tertiary/aromatic N) is 1. The first-order valence-corrected chi connectivity index (χ1v) is 12.3. The summed E-state index contributed by atoms with van der Waals surface area (Å²) in [5.74, 6) is -5.79. The molecular weight excluding hydrogens is 503 g/mol. The van der Waals surface area contributed by atoms with Crippen LogP contribution in [0.3, 0.4) is 0 Å². The van der Waals surface area contributed by atoms with Gasteiger partial charge in [0.15, 0.2) is 11.6 Å². The second kappa shape index (κ2) is 8.41. The third-order valence-corrected chi connectivity index (χ3v) is 7.78. The van der Waals surface area contributed by atoms with E-state index in [4.69, 9.17) is 0 Å². The molecule has 1 N–H and O–H groups in total. The van der Waals surface area contributed by atoms with Crippen molar-refractivity contribution in [1.29, 1.82) is 0 Å².